The van der Waals surface area contributed by atoms with E-state index in [1.54, 1.807) is 6.07 Å². The van der Waals surface area contributed by atoms with Gasteiger partial charge in [0, 0.05) is 0 Å². The Kier molecular flexibility index (Phi) is 2.76. The van der Waals surface area contributed by atoms with Crippen LogP contribution in [0.25, 0.3) is 5.69 Å². The molecule has 1 aromatic carbocycles. The maximum absolute atomic E-state index is 12.7. The lowest BCUT2D eigenvalue weighted by atomic mass is 10.0. The van der Waals surface area contributed by atoms with Crippen LogP contribution in [0.2, 0.25) is 0 Å². The van der Waals surface area contributed by atoms with Crippen molar-refractivity contribution in [2.24, 2.45) is 0 Å². The molecule has 0 saturated heterocycles. The molecule has 2 fully saturated rings. The number of halogens is 3. The van der Waals surface area contributed by atoms with Crippen molar-refractivity contribution in [1.82, 2.24) is 14.8 Å². The Morgan fingerprint density at radius 1 is 1.18 bits per heavy atom. The number of nitrogens with zero attached hydrogens (tertiary/aromatic N) is 3. The third-order valence-corrected chi connectivity index (χ3v) is 4.13. The Hall–Kier alpha value is -2.05. The van der Waals surface area contributed by atoms with Crippen molar-refractivity contribution in [3.63, 3.8) is 0 Å². The monoisotopic (exact) mass is 307 g/mol. The number of hydrogen-bond donors (Lipinski definition) is 1. The van der Waals surface area contributed by atoms with Gasteiger partial charge in [0.15, 0.2) is 0 Å². The molecule has 22 heavy (non-hydrogen) atoms. The molecule has 2 aromatic rings. The first-order chi connectivity index (χ1) is 10.4. The molecule has 2 aliphatic carbocycles. The van der Waals surface area contributed by atoms with Gasteiger partial charge < -0.3 is 5.73 Å². The highest BCUT2D eigenvalue weighted by atomic mass is 19.4. The van der Waals surface area contributed by atoms with Crippen molar-refractivity contribution < 1.29 is 13.2 Å². The van der Waals surface area contributed by atoms with Crippen molar-refractivity contribution in [2.45, 2.75) is 43.7 Å². The second-order valence-corrected chi connectivity index (χ2v) is 5.98. The van der Waals surface area contributed by atoms with Crippen LogP contribution in [0.3, 0.4) is 0 Å². The topological polar surface area (TPSA) is 56.7 Å². The normalized spacial score (nSPS) is 18.7. The van der Waals surface area contributed by atoms with Gasteiger partial charge in [-0.05, 0) is 60.8 Å². The third kappa shape index (κ3) is 2.34. The largest absolute Gasteiger partial charge is 0.453 e. The van der Waals surface area contributed by atoms with Gasteiger partial charge in [-0.1, -0.05) is 6.07 Å². The number of alkyl halides is 3. The van der Waals surface area contributed by atoms with E-state index in [-0.39, 0.29) is 5.95 Å². The lowest BCUT2D eigenvalue weighted by Crippen LogP contribution is -2.09. The highest BCUT2D eigenvalue weighted by Gasteiger charge is 2.38. The van der Waals surface area contributed by atoms with E-state index in [0.717, 1.165) is 41.5 Å². The summed E-state index contributed by atoms with van der Waals surface area (Å²) in [5.41, 5.74) is 8.35. The minimum absolute atomic E-state index is 0.248. The first-order valence-electron chi connectivity index (χ1n) is 7.29. The van der Waals surface area contributed by atoms with Gasteiger partial charge in [-0.3, -0.25) is 0 Å². The predicted octanol–water partition coefficient (Wildman–Crippen LogP) is 3.42. The number of hydrogen-bond acceptors (Lipinski definition) is 3. The Labute approximate surface area is 125 Å². The van der Waals surface area contributed by atoms with E-state index in [2.05, 4.69) is 22.2 Å². The lowest BCUT2D eigenvalue weighted by molar-refractivity contribution is -0.144. The molecule has 7 heteroatoms. The number of rotatable bonds is 3. The van der Waals surface area contributed by atoms with Crippen LogP contribution in [0.15, 0.2) is 12.1 Å². The molecule has 4 rings (SSSR count). The summed E-state index contributed by atoms with van der Waals surface area (Å²) in [4.78, 5) is 3.34. The van der Waals surface area contributed by atoms with E-state index >= 15 is 0 Å². The van der Waals surface area contributed by atoms with Crippen LogP contribution in [0.4, 0.5) is 19.1 Å². The summed E-state index contributed by atoms with van der Waals surface area (Å²) in [6, 6.07) is 6.93. The van der Waals surface area contributed by atoms with Crippen molar-refractivity contribution in [2.75, 3.05) is 5.73 Å². The van der Waals surface area contributed by atoms with Crippen molar-refractivity contribution in [1.29, 1.82) is 0 Å². The van der Waals surface area contributed by atoms with Gasteiger partial charge >= 0.3 is 6.18 Å². The van der Waals surface area contributed by atoms with Gasteiger partial charge in [-0.2, -0.15) is 22.8 Å². The first kappa shape index (κ1) is 13.6. The standard InChI is InChI=1S/C15H14F3N4/c16-15(17,18)13-20-14(19)22(21-13)12-6-5-10(8-1-2-8)7-11(12)9-3-4-9/h6-9H,1-4H2,(H2,19,20,21). The summed E-state index contributed by atoms with van der Waals surface area (Å²) >= 11 is 0. The van der Waals surface area contributed by atoms with E-state index in [9.17, 15) is 13.2 Å². The second-order valence-electron chi connectivity index (χ2n) is 5.98. The Balaban J connectivity index is 1.80. The summed E-state index contributed by atoms with van der Waals surface area (Å²) in [6.45, 7) is 0. The van der Waals surface area contributed by atoms with E-state index in [4.69, 9.17) is 5.73 Å². The van der Waals surface area contributed by atoms with Crippen molar-refractivity contribution >= 4 is 5.95 Å². The first-order valence-corrected chi connectivity index (χ1v) is 7.29. The molecule has 0 atom stereocenters. The van der Waals surface area contributed by atoms with Crippen LogP contribution in [-0.2, 0) is 6.18 Å². The molecule has 0 spiro atoms. The number of nitrogen functional groups attached to an aromatic ring is 1. The molecule has 115 valence electrons. The van der Waals surface area contributed by atoms with Gasteiger partial charge in [-0.25, -0.2) is 0 Å². The predicted molar refractivity (Wildman–Crippen MR) is 73.6 cm³/mol. The average molecular weight is 307 g/mol. The maximum atomic E-state index is 12.7. The molecule has 2 aliphatic rings. The van der Waals surface area contributed by atoms with Gasteiger partial charge in [0.05, 0.1) is 5.69 Å². The van der Waals surface area contributed by atoms with Crippen LogP contribution < -0.4 is 5.73 Å². The molecule has 4 nitrogen and oxygen atoms in total. The van der Waals surface area contributed by atoms with E-state index in [1.807, 2.05) is 0 Å². The summed E-state index contributed by atoms with van der Waals surface area (Å²) in [5.74, 6) is -0.537. The van der Waals surface area contributed by atoms with Gasteiger partial charge in [0.1, 0.15) is 0 Å². The molecular weight excluding hydrogens is 293 g/mol. The SMILES string of the molecule is Nc1nc(C(F)(F)F)nn1-c1c[c]c(C2CC2)cc1C1CC1. The summed E-state index contributed by atoms with van der Waals surface area (Å²) < 4.78 is 39.3. The van der Waals surface area contributed by atoms with Crippen LogP contribution in [0.5, 0.6) is 0 Å². The van der Waals surface area contributed by atoms with E-state index < -0.39 is 12.0 Å². The van der Waals surface area contributed by atoms with Gasteiger partial charge in [0.2, 0.25) is 5.95 Å². The maximum Gasteiger partial charge on any atom is 0.453 e. The Morgan fingerprint density at radius 2 is 1.86 bits per heavy atom. The molecule has 0 unspecified atom stereocenters. The van der Waals surface area contributed by atoms with Crippen LogP contribution >= 0.6 is 0 Å². The second kappa shape index (κ2) is 4.47. The number of anilines is 1. The Bertz CT molecular complexity index is 727. The Morgan fingerprint density at radius 3 is 2.41 bits per heavy atom. The zero-order valence-corrected chi connectivity index (χ0v) is 11.7. The molecule has 1 radical (unpaired) electrons. The molecule has 1 heterocycles. The highest BCUT2D eigenvalue weighted by molar-refractivity contribution is 5.50. The highest BCUT2D eigenvalue weighted by Crippen LogP contribution is 2.46. The lowest BCUT2D eigenvalue weighted by Gasteiger charge is -2.11. The van der Waals surface area contributed by atoms with Crippen LogP contribution in [0, 0.1) is 6.07 Å². The van der Waals surface area contributed by atoms with E-state index in [0.29, 0.717) is 17.5 Å². The summed E-state index contributed by atoms with van der Waals surface area (Å²) in [6.07, 6.45) is -0.201. The number of aromatic nitrogens is 3. The molecule has 0 amide bonds. The number of nitrogens with two attached hydrogens (primary N) is 1. The van der Waals surface area contributed by atoms with Crippen molar-refractivity contribution in [3.8, 4) is 5.69 Å². The van der Waals surface area contributed by atoms with Crippen molar-refractivity contribution in [3.05, 3.63) is 35.2 Å². The zero-order valence-electron chi connectivity index (χ0n) is 11.7. The fourth-order valence-corrected chi connectivity index (χ4v) is 2.67. The van der Waals surface area contributed by atoms with Crippen LogP contribution in [-0.4, -0.2) is 14.8 Å². The number of benzene rings is 1. The van der Waals surface area contributed by atoms with E-state index in [1.165, 1.54) is 0 Å². The summed E-state index contributed by atoms with van der Waals surface area (Å²) in [7, 11) is 0. The molecule has 2 N–H and O–H groups in total. The van der Waals surface area contributed by atoms with Gasteiger partial charge in [-0.15, -0.1) is 5.10 Å². The smallest absolute Gasteiger partial charge is 0.368 e. The minimum Gasteiger partial charge on any atom is -0.368 e. The summed E-state index contributed by atoms with van der Waals surface area (Å²) in [5, 5.41) is 3.55. The molecule has 0 bridgehead atoms. The fourth-order valence-electron chi connectivity index (χ4n) is 2.67. The average Bonchev–Trinajstić information content (AvgIpc) is 3.35. The molecule has 2 saturated carbocycles. The molecule has 0 aliphatic heterocycles. The van der Waals surface area contributed by atoms with Gasteiger partial charge in [0.25, 0.3) is 5.82 Å². The zero-order chi connectivity index (χ0) is 15.5. The third-order valence-electron chi connectivity index (χ3n) is 4.13. The molecule has 1 aromatic heterocycles. The molecular formula is C15H14F3N4. The fraction of sp³-hybridized carbons (Fsp3) is 0.467. The van der Waals surface area contributed by atoms with Crippen LogP contribution in [0.1, 0.15) is 54.5 Å². The quantitative estimate of drug-likeness (QED) is 0.945. The minimum atomic E-state index is -4.60.